The topological polar surface area (TPSA) is 32.8 Å². The Morgan fingerprint density at radius 3 is 1.00 bits per heavy atom. The fourth-order valence-corrected chi connectivity index (χ4v) is 13.4. The van der Waals surface area contributed by atoms with E-state index in [9.17, 15) is 0 Å². The third kappa shape index (κ3) is 5.56. The molecule has 2 aliphatic heterocycles. The molecule has 4 aliphatic rings. The molecule has 10 heteroatoms. The van der Waals surface area contributed by atoms with Crippen LogP contribution in [0.25, 0.3) is 55.0 Å². The zero-order chi connectivity index (χ0) is 47.3. The number of hydrogen-bond acceptors (Lipinski definition) is 4. The Balaban J connectivity index is 1.02. The third-order valence-corrected chi connectivity index (χ3v) is 16.2. The summed E-state index contributed by atoms with van der Waals surface area (Å²) < 4.78 is 105. The van der Waals surface area contributed by atoms with E-state index in [0.717, 1.165) is 109 Å². The molecule has 70 heavy (non-hydrogen) atoms. The molecule has 0 N–H and O–H groups in total. The lowest BCUT2D eigenvalue weighted by Crippen LogP contribution is -2.33. The van der Waals surface area contributed by atoms with Crippen LogP contribution in [0.2, 0.25) is 0 Å². The van der Waals surface area contributed by atoms with Crippen molar-refractivity contribution in [1.29, 1.82) is 0 Å². The molecule has 8 aromatic carbocycles. The number of rotatable bonds is 3. The fraction of sp³-hybridized carbons (Fsp3) is 0.200. The number of para-hydroxylation sites is 6. The van der Waals surface area contributed by atoms with Crippen LogP contribution < -0.4 is 9.80 Å². The molecule has 0 atom stereocenters. The van der Waals surface area contributed by atoms with Gasteiger partial charge in [-0.3, -0.25) is 0 Å². The minimum absolute atomic E-state index is 0.159. The van der Waals surface area contributed by atoms with Gasteiger partial charge in [-0.05, 0) is 96.5 Å². The number of furan rings is 2. The summed E-state index contributed by atoms with van der Waals surface area (Å²) in [5.41, 5.74) is 7.30. The van der Waals surface area contributed by atoms with E-state index in [4.69, 9.17) is 8.83 Å². The van der Waals surface area contributed by atoms with Crippen molar-refractivity contribution in [3.05, 3.63) is 191 Å². The second kappa shape index (κ2) is 14.5. The number of anilines is 6. The lowest BCUT2D eigenvalue weighted by atomic mass is 9.69. The summed E-state index contributed by atoms with van der Waals surface area (Å²) in [4.78, 5) is 4.15. The third-order valence-electron chi connectivity index (χ3n) is 16.2. The Labute approximate surface area is 398 Å². The molecular weight excluding hydrogens is 895 g/mol. The van der Waals surface area contributed by atoms with Gasteiger partial charge in [0.1, 0.15) is 22.3 Å². The van der Waals surface area contributed by atoms with Crippen LogP contribution in [0.3, 0.4) is 0 Å². The van der Waals surface area contributed by atoms with E-state index in [1.807, 2.05) is 72.8 Å². The van der Waals surface area contributed by atoms with Gasteiger partial charge in [-0.15, -0.1) is 0 Å². The van der Waals surface area contributed by atoms with Crippen molar-refractivity contribution in [2.24, 2.45) is 0 Å². The molecule has 4 nitrogen and oxygen atoms in total. The van der Waals surface area contributed by atoms with Crippen molar-refractivity contribution in [3.8, 4) is 11.1 Å². The highest BCUT2D eigenvalue weighted by atomic mass is 19.4. The Kier molecular flexibility index (Phi) is 8.62. The second-order valence-corrected chi connectivity index (χ2v) is 19.6. The van der Waals surface area contributed by atoms with E-state index < -0.39 is 23.5 Å². The molecule has 2 saturated carbocycles. The van der Waals surface area contributed by atoms with Gasteiger partial charge in [0.05, 0.1) is 56.0 Å². The Bertz CT molecular complexity index is 3460. The summed E-state index contributed by atoms with van der Waals surface area (Å²) in [6.07, 6.45) is -1.41. The predicted molar refractivity (Wildman–Crippen MR) is 264 cm³/mol. The van der Waals surface area contributed by atoms with Crippen molar-refractivity contribution < 1.29 is 35.2 Å². The maximum absolute atomic E-state index is 15.3. The summed E-state index contributed by atoms with van der Waals surface area (Å²) in [5.74, 6) is 0. The smallest absolute Gasteiger partial charge is 0.420 e. The van der Waals surface area contributed by atoms with Crippen LogP contribution in [-0.4, -0.2) is 0 Å². The highest BCUT2D eigenvalue weighted by molar-refractivity contribution is 6.21. The van der Waals surface area contributed by atoms with Crippen LogP contribution in [0.15, 0.2) is 167 Å². The van der Waals surface area contributed by atoms with Crippen molar-refractivity contribution in [2.45, 2.75) is 74.5 Å². The predicted octanol–water partition coefficient (Wildman–Crippen LogP) is 18.5. The molecule has 0 amide bonds. The largest absolute Gasteiger partial charge is 0.455 e. The van der Waals surface area contributed by atoms with Crippen LogP contribution in [0.5, 0.6) is 0 Å². The number of alkyl halides is 6. The molecule has 0 saturated heterocycles. The van der Waals surface area contributed by atoms with Crippen LogP contribution in [0.1, 0.15) is 84.7 Å². The maximum atomic E-state index is 15.3. The average molecular weight is 937 g/mol. The van der Waals surface area contributed by atoms with Gasteiger partial charge in [0, 0.05) is 32.7 Å². The van der Waals surface area contributed by atoms with Crippen molar-refractivity contribution in [3.63, 3.8) is 0 Å². The van der Waals surface area contributed by atoms with E-state index in [-0.39, 0.29) is 43.9 Å². The summed E-state index contributed by atoms with van der Waals surface area (Å²) in [6.45, 7) is 0. The van der Waals surface area contributed by atoms with Gasteiger partial charge in [-0.25, -0.2) is 0 Å². The minimum atomic E-state index is -4.78. The normalized spacial score (nSPS) is 17.0. The van der Waals surface area contributed by atoms with Gasteiger partial charge in [-0.2, -0.15) is 26.3 Å². The Morgan fingerprint density at radius 1 is 0.343 bits per heavy atom. The molecule has 2 aliphatic carbocycles. The van der Waals surface area contributed by atoms with Gasteiger partial charge >= 0.3 is 12.4 Å². The van der Waals surface area contributed by atoms with E-state index in [2.05, 4.69) is 34.1 Å². The summed E-state index contributed by atoms with van der Waals surface area (Å²) >= 11 is 0. The summed E-state index contributed by atoms with van der Waals surface area (Å²) in [5, 5.41) is 1.41. The summed E-state index contributed by atoms with van der Waals surface area (Å²) in [7, 11) is 0. The molecule has 14 rings (SSSR count). The molecule has 2 spiro atoms. The first-order chi connectivity index (χ1) is 34.0. The number of fused-ring (bicyclic) bond motifs is 14. The molecule has 0 radical (unpaired) electrons. The van der Waals surface area contributed by atoms with Crippen molar-refractivity contribution >= 4 is 78.0 Å². The molecule has 346 valence electrons. The summed E-state index contributed by atoms with van der Waals surface area (Å²) in [6, 6.07) is 48.5. The zero-order valence-corrected chi connectivity index (χ0v) is 37.6. The standard InChI is InChI=1S/C60H42F6N2O2/c61-59(62,63)43-27-29-49(67-45-23-5-1-19-39(45)57(31-9-10-32-57)40-20-2-6-24-46(40)67)51-37-17-13-15-35(53(37)69-55(43)51)36-16-14-18-38-52-50(30-28-44(60(64,65)66)56(52)70-54(36)38)68-47-25-7-3-21-41(47)58(33-11-12-34-58)42-22-4-8-26-48(42)68/h1-8,13-30H,9-12,31-34H2. The van der Waals surface area contributed by atoms with Gasteiger partial charge in [0.15, 0.2) is 0 Å². The minimum Gasteiger partial charge on any atom is -0.455 e. The molecule has 4 heterocycles. The maximum Gasteiger partial charge on any atom is 0.420 e. The molecular formula is C60H42F6N2O2. The van der Waals surface area contributed by atoms with Crippen LogP contribution in [0, 0.1) is 0 Å². The van der Waals surface area contributed by atoms with Gasteiger partial charge in [0.25, 0.3) is 0 Å². The van der Waals surface area contributed by atoms with Gasteiger partial charge in [0.2, 0.25) is 0 Å². The first-order valence-corrected chi connectivity index (χ1v) is 24.1. The fourth-order valence-electron chi connectivity index (χ4n) is 13.4. The van der Waals surface area contributed by atoms with Gasteiger partial charge < -0.3 is 18.6 Å². The molecule has 2 aromatic heterocycles. The second-order valence-electron chi connectivity index (χ2n) is 19.6. The number of hydrogen-bond donors (Lipinski definition) is 0. The highest BCUT2D eigenvalue weighted by Gasteiger charge is 2.48. The zero-order valence-electron chi connectivity index (χ0n) is 37.6. The van der Waals surface area contributed by atoms with Crippen molar-refractivity contribution in [2.75, 3.05) is 9.80 Å². The van der Waals surface area contributed by atoms with Crippen LogP contribution in [-0.2, 0) is 23.2 Å². The highest BCUT2D eigenvalue weighted by Crippen LogP contribution is 2.62. The first kappa shape index (κ1) is 41.5. The molecule has 2 fully saturated rings. The monoisotopic (exact) mass is 936 g/mol. The number of benzene rings is 8. The van der Waals surface area contributed by atoms with E-state index >= 15 is 26.3 Å². The first-order valence-electron chi connectivity index (χ1n) is 24.1. The van der Waals surface area contributed by atoms with E-state index in [1.165, 1.54) is 0 Å². The van der Waals surface area contributed by atoms with E-state index in [0.29, 0.717) is 33.3 Å². The lowest BCUT2D eigenvalue weighted by Gasteiger charge is -2.44. The Hall–Kier alpha value is -7.46. The van der Waals surface area contributed by atoms with E-state index in [1.54, 1.807) is 48.5 Å². The number of halogens is 6. The number of nitrogens with zero attached hydrogens (tertiary/aromatic N) is 2. The van der Waals surface area contributed by atoms with Crippen LogP contribution >= 0.6 is 0 Å². The molecule has 0 bridgehead atoms. The lowest BCUT2D eigenvalue weighted by molar-refractivity contribution is -0.137. The van der Waals surface area contributed by atoms with Crippen molar-refractivity contribution in [1.82, 2.24) is 0 Å². The average Bonchev–Trinajstić information content (AvgIpc) is 4.20. The SMILES string of the molecule is FC(F)(F)c1ccc(N2c3ccccc3C3(CCCC3)c3ccccc32)c2c1oc1c(-c3cccc4c3oc3c(C(F)(F)F)ccc(N5c6ccccc6C6(CCCC6)c6ccccc65)c34)cccc12. The van der Waals surface area contributed by atoms with Gasteiger partial charge in [-0.1, -0.05) is 135 Å². The molecule has 0 unspecified atom stereocenters. The van der Waals surface area contributed by atoms with Crippen LogP contribution in [0.4, 0.5) is 60.5 Å². The molecule has 10 aromatic rings. The quantitative estimate of drug-likeness (QED) is 0.165. The Morgan fingerprint density at radius 2 is 0.671 bits per heavy atom.